The van der Waals surface area contributed by atoms with Gasteiger partial charge in [-0.2, -0.15) is 0 Å². The van der Waals surface area contributed by atoms with Crippen molar-refractivity contribution >= 4 is 68.3 Å². The lowest BCUT2D eigenvalue weighted by atomic mass is 9.84. The summed E-state index contributed by atoms with van der Waals surface area (Å²) in [4.78, 5) is 58.8. The van der Waals surface area contributed by atoms with Crippen LogP contribution in [0.5, 0.6) is 11.5 Å². The minimum atomic E-state index is -4.74. The van der Waals surface area contributed by atoms with E-state index in [0.29, 0.717) is 49.3 Å². The number of carbonyl (C=O) groups excluding carboxylic acids is 3. The van der Waals surface area contributed by atoms with Gasteiger partial charge in [0.2, 0.25) is 5.36 Å². The Morgan fingerprint density at radius 2 is 1.69 bits per heavy atom. The quantitative estimate of drug-likeness (QED) is 0.0450. The molecule has 0 bridgehead atoms. The summed E-state index contributed by atoms with van der Waals surface area (Å²) >= 11 is 0.828. The average Bonchev–Trinajstić information content (AvgIpc) is 3.39. The van der Waals surface area contributed by atoms with Crippen LogP contribution < -0.4 is 25.6 Å². The molecule has 0 aromatic heterocycles. The SMILES string of the molecule is CC1(C)C=C(CSOOO)c2cc3c(cc2N1)Oc1cc2c(cc1=C3c1ccc(C(=O)ON3C(=O)CCC3=O)cc1C(=O)O)C(CS(=O)(=O)[O-])=CC(C)(C)[NH+]=2. The van der Waals surface area contributed by atoms with Crippen molar-refractivity contribution in [2.75, 3.05) is 16.8 Å². The molecule has 4 heterocycles. The molecule has 18 heteroatoms. The van der Waals surface area contributed by atoms with Crippen LogP contribution in [0.15, 0.2) is 54.6 Å². The predicted octanol–water partition coefficient (Wildman–Crippen LogP) is 2.04. The van der Waals surface area contributed by atoms with Gasteiger partial charge in [0.1, 0.15) is 11.5 Å². The second-order valence-electron chi connectivity index (χ2n) is 14.4. The van der Waals surface area contributed by atoms with E-state index in [-0.39, 0.29) is 46.6 Å². The molecule has 16 nitrogen and oxygen atoms in total. The molecular weight excluding hydrogens is 759 g/mol. The van der Waals surface area contributed by atoms with E-state index in [9.17, 15) is 37.3 Å². The summed E-state index contributed by atoms with van der Waals surface area (Å²) in [5.41, 5.74) is 1.66. The lowest BCUT2D eigenvalue weighted by Gasteiger charge is -2.34. The number of aromatic carboxylic acids is 1. The lowest BCUT2D eigenvalue weighted by molar-refractivity contribution is -0.568. The van der Waals surface area contributed by atoms with Gasteiger partial charge in [-0.3, -0.25) is 9.59 Å². The standard InChI is InChI=1S/C37H33N3O13S2/c1-36(2)14-19(16-54-53-52-46)22-10-25-29(12-27(22)38-36)50-30-13-28-23(20(17-55(47,48)49)15-37(3,4)39-28)11-26(30)33(25)21-6-5-18(9-24(21)34(43)44)35(45)51-40-31(41)7-8-32(40)42/h5-6,9-15,38,46H,7-8,16-17H2,1-4H3,(H,43,44)(H,47,48,49). The molecular formula is C37H33N3O13S2. The second kappa shape index (κ2) is 13.7. The van der Waals surface area contributed by atoms with E-state index in [4.69, 9.17) is 14.8 Å². The number of anilines is 1. The van der Waals surface area contributed by atoms with Crippen LogP contribution in [-0.4, -0.2) is 74.7 Å². The molecule has 3 aromatic rings. The van der Waals surface area contributed by atoms with Gasteiger partial charge < -0.3 is 24.6 Å². The maximum Gasteiger partial charge on any atom is 0.363 e. The van der Waals surface area contributed by atoms with Crippen LogP contribution in [0, 0.1) is 0 Å². The van der Waals surface area contributed by atoms with Crippen LogP contribution in [0.2, 0.25) is 0 Å². The van der Waals surface area contributed by atoms with E-state index in [1.54, 1.807) is 30.3 Å². The zero-order valence-electron chi connectivity index (χ0n) is 29.7. The number of carboxylic acids is 1. The number of ether oxygens (including phenoxy) is 1. The molecule has 1 fully saturated rings. The maximum atomic E-state index is 13.1. The van der Waals surface area contributed by atoms with Crippen molar-refractivity contribution in [3.8, 4) is 11.5 Å². The Kier molecular flexibility index (Phi) is 9.47. The smallest absolute Gasteiger partial charge is 0.363 e. The lowest BCUT2D eigenvalue weighted by Crippen LogP contribution is -2.89. The predicted molar refractivity (Wildman–Crippen MR) is 193 cm³/mol. The molecule has 3 aromatic carbocycles. The largest absolute Gasteiger partial charge is 0.748 e. The summed E-state index contributed by atoms with van der Waals surface area (Å²) in [6.07, 6.45) is 3.33. The van der Waals surface area contributed by atoms with Gasteiger partial charge in [0.15, 0.2) is 5.54 Å². The molecule has 0 saturated carbocycles. The fourth-order valence-electron chi connectivity index (χ4n) is 7.20. The Morgan fingerprint density at radius 3 is 2.36 bits per heavy atom. The molecule has 4 N–H and O–H groups in total. The highest BCUT2D eigenvalue weighted by Crippen LogP contribution is 2.45. The number of hydrogen-bond donors (Lipinski definition) is 4. The number of benzene rings is 3. The summed E-state index contributed by atoms with van der Waals surface area (Å²) in [6, 6.07) is 10.6. The van der Waals surface area contributed by atoms with Crippen LogP contribution in [-0.2, 0) is 33.9 Å². The third kappa shape index (κ3) is 7.51. The number of amides is 2. The van der Waals surface area contributed by atoms with Gasteiger partial charge >= 0.3 is 11.9 Å². The number of imide groups is 1. The number of rotatable bonds is 10. The second-order valence-corrected chi connectivity index (χ2v) is 16.5. The summed E-state index contributed by atoms with van der Waals surface area (Å²) < 4.78 is 47.4. The fourth-order valence-corrected chi connectivity index (χ4v) is 8.28. The number of carboxylic acid groups (broad SMARTS) is 1. The van der Waals surface area contributed by atoms with Crippen LogP contribution in [0.25, 0.3) is 16.7 Å². The topological polar surface area (TPSA) is 232 Å². The van der Waals surface area contributed by atoms with Gasteiger partial charge in [-0.15, -0.1) is 9.40 Å². The highest BCUT2D eigenvalue weighted by Gasteiger charge is 2.35. The maximum absolute atomic E-state index is 13.1. The summed E-state index contributed by atoms with van der Waals surface area (Å²) in [5, 5.41) is 27.8. The normalized spacial score (nSPS) is 17.7. The monoisotopic (exact) mass is 791 g/mol. The molecule has 1 saturated heterocycles. The number of hydrogen-bond acceptors (Lipinski definition) is 14. The minimum Gasteiger partial charge on any atom is -0.748 e. The van der Waals surface area contributed by atoms with E-state index >= 15 is 0 Å². The molecule has 4 aliphatic heterocycles. The highest BCUT2D eigenvalue weighted by atomic mass is 32.2. The number of hydroxylamine groups is 2. The van der Waals surface area contributed by atoms with E-state index in [0.717, 1.165) is 23.7 Å². The van der Waals surface area contributed by atoms with Crippen molar-refractivity contribution in [2.45, 2.75) is 51.6 Å². The van der Waals surface area contributed by atoms with E-state index < -0.39 is 50.7 Å². The van der Waals surface area contributed by atoms with E-state index in [2.05, 4.69) is 19.7 Å². The van der Waals surface area contributed by atoms with Crippen LogP contribution in [0.4, 0.5) is 5.69 Å². The fraction of sp³-hybridized carbons (Fsp3) is 0.270. The van der Waals surface area contributed by atoms with Crippen LogP contribution in [0.3, 0.4) is 0 Å². The molecule has 7 rings (SSSR count). The molecule has 4 aliphatic rings. The van der Waals surface area contributed by atoms with Crippen molar-refractivity contribution in [3.05, 3.63) is 98.6 Å². The minimum absolute atomic E-state index is 0.121. The third-order valence-corrected chi connectivity index (χ3v) is 10.5. The Labute approximate surface area is 317 Å². The first-order valence-electron chi connectivity index (χ1n) is 16.7. The number of nitrogens with zero attached hydrogens (tertiary/aromatic N) is 1. The summed E-state index contributed by atoms with van der Waals surface area (Å²) in [6.45, 7) is 7.52. The number of nitrogens with one attached hydrogen (secondary N) is 2. The van der Waals surface area contributed by atoms with Crippen molar-refractivity contribution in [3.63, 3.8) is 0 Å². The van der Waals surface area contributed by atoms with Crippen molar-refractivity contribution in [1.82, 2.24) is 5.06 Å². The average molecular weight is 792 g/mol. The Bertz CT molecular complexity index is 2530. The molecule has 2 amide bonds. The van der Waals surface area contributed by atoms with Gasteiger partial charge in [-0.25, -0.2) is 28.3 Å². The zero-order chi connectivity index (χ0) is 39.6. The highest BCUT2D eigenvalue weighted by molar-refractivity contribution is 7.95. The van der Waals surface area contributed by atoms with Gasteiger partial charge in [-0.05, 0) is 60.9 Å². The molecule has 55 heavy (non-hydrogen) atoms. The van der Waals surface area contributed by atoms with Gasteiger partial charge in [-0.1, -0.05) is 17.2 Å². The van der Waals surface area contributed by atoms with Crippen molar-refractivity contribution < 1.29 is 66.5 Å². The Morgan fingerprint density at radius 1 is 0.964 bits per heavy atom. The number of carbonyl (C=O) groups is 4. The molecule has 0 aliphatic carbocycles. The first-order valence-corrected chi connectivity index (χ1v) is 19.2. The van der Waals surface area contributed by atoms with E-state index in [1.165, 1.54) is 12.1 Å². The Hall–Kier alpha value is -5.37. The van der Waals surface area contributed by atoms with Gasteiger partial charge in [0.25, 0.3) is 11.8 Å². The Balaban J connectivity index is 1.49. The van der Waals surface area contributed by atoms with Crippen LogP contribution in [0.1, 0.15) is 83.5 Å². The zero-order valence-corrected chi connectivity index (χ0v) is 31.3. The molecule has 286 valence electrons. The molecule has 0 unspecified atom stereocenters. The van der Waals surface area contributed by atoms with E-state index in [1.807, 2.05) is 33.8 Å². The first-order chi connectivity index (χ1) is 25.8. The molecule has 0 atom stereocenters. The first kappa shape index (κ1) is 37.9. The van der Waals surface area contributed by atoms with Gasteiger partial charge in [0, 0.05) is 78.2 Å². The van der Waals surface area contributed by atoms with Crippen LogP contribution >= 0.6 is 12.0 Å². The van der Waals surface area contributed by atoms with Crippen molar-refractivity contribution in [1.29, 1.82) is 0 Å². The third-order valence-electron chi connectivity index (χ3n) is 9.23. The molecule has 0 spiro atoms. The van der Waals surface area contributed by atoms with Gasteiger partial charge in [0.05, 0.1) is 44.2 Å². The molecule has 0 radical (unpaired) electrons. The summed E-state index contributed by atoms with van der Waals surface area (Å²) in [7, 11) is -4.74. The number of fused-ring (bicyclic) bond motifs is 4. The van der Waals surface area contributed by atoms with Crippen molar-refractivity contribution in [2.24, 2.45) is 0 Å². The summed E-state index contributed by atoms with van der Waals surface area (Å²) in [5.74, 6) is -3.96.